The molecule has 0 radical (unpaired) electrons. The van der Waals surface area contributed by atoms with Crippen LogP contribution in [0.15, 0.2) is 73.1 Å². The summed E-state index contributed by atoms with van der Waals surface area (Å²) in [5, 5.41) is 5.41. The van der Waals surface area contributed by atoms with E-state index in [2.05, 4.69) is 71.3 Å². The number of fused-ring (bicyclic) bond motifs is 1. The number of benzene rings is 2. The SMILES string of the molecule is Clc1ccc2c(NCCCN3CCN(c4ccnc(N5CCN(c6ccccc6)CC5)n4)CC3)ccnc2c1. The lowest BCUT2D eigenvalue weighted by Crippen LogP contribution is -2.48. The second-order valence-corrected chi connectivity index (χ2v) is 10.6. The summed E-state index contributed by atoms with van der Waals surface area (Å²) in [6.07, 6.45) is 4.84. The Kier molecular flexibility index (Phi) is 7.93. The van der Waals surface area contributed by atoms with Crippen LogP contribution >= 0.6 is 11.6 Å². The summed E-state index contributed by atoms with van der Waals surface area (Å²) in [4.78, 5) is 23.7. The molecule has 4 heterocycles. The lowest BCUT2D eigenvalue weighted by atomic mass is 10.2. The van der Waals surface area contributed by atoms with Gasteiger partial charge in [0.05, 0.1) is 5.52 Å². The highest BCUT2D eigenvalue weighted by atomic mass is 35.5. The minimum atomic E-state index is 0.714. The summed E-state index contributed by atoms with van der Waals surface area (Å²) in [6.45, 7) is 9.91. The molecule has 0 aliphatic carbocycles. The molecular formula is C30H35ClN8. The Labute approximate surface area is 235 Å². The average Bonchev–Trinajstić information content (AvgIpc) is 3.00. The Morgan fingerprint density at radius 3 is 2.31 bits per heavy atom. The predicted molar refractivity (Wildman–Crippen MR) is 161 cm³/mol. The first kappa shape index (κ1) is 25.6. The van der Waals surface area contributed by atoms with Crippen molar-refractivity contribution < 1.29 is 0 Å². The number of nitrogens with zero attached hydrogens (tertiary/aromatic N) is 7. The Bertz CT molecular complexity index is 1370. The first-order chi connectivity index (χ1) is 19.2. The summed E-state index contributed by atoms with van der Waals surface area (Å²) in [7, 11) is 0. The second-order valence-electron chi connectivity index (χ2n) is 10.2. The molecule has 0 unspecified atom stereocenters. The van der Waals surface area contributed by atoms with Crippen molar-refractivity contribution in [2.75, 3.05) is 85.5 Å². The fourth-order valence-corrected chi connectivity index (χ4v) is 5.64. The molecule has 2 fully saturated rings. The van der Waals surface area contributed by atoms with E-state index in [-0.39, 0.29) is 0 Å². The fourth-order valence-electron chi connectivity index (χ4n) is 5.47. The van der Waals surface area contributed by atoms with Crippen molar-refractivity contribution in [1.82, 2.24) is 19.9 Å². The third-order valence-corrected chi connectivity index (χ3v) is 7.91. The van der Waals surface area contributed by atoms with Crippen molar-refractivity contribution in [3.63, 3.8) is 0 Å². The van der Waals surface area contributed by atoms with Crippen LogP contribution in [-0.4, -0.2) is 85.3 Å². The van der Waals surface area contributed by atoms with Crippen molar-refractivity contribution in [2.45, 2.75) is 6.42 Å². The van der Waals surface area contributed by atoms with Crippen LogP contribution in [0.25, 0.3) is 10.9 Å². The summed E-state index contributed by atoms with van der Waals surface area (Å²) in [5.74, 6) is 1.89. The lowest BCUT2D eigenvalue weighted by molar-refractivity contribution is 0.256. The summed E-state index contributed by atoms with van der Waals surface area (Å²) in [5.41, 5.74) is 3.32. The van der Waals surface area contributed by atoms with Gasteiger partial charge in [-0.05, 0) is 55.4 Å². The zero-order valence-corrected chi connectivity index (χ0v) is 23.0. The molecule has 2 aliphatic heterocycles. The van der Waals surface area contributed by atoms with Crippen LogP contribution in [0.4, 0.5) is 23.1 Å². The van der Waals surface area contributed by atoms with Gasteiger partial charge in [0.15, 0.2) is 0 Å². The third kappa shape index (κ3) is 6.18. The van der Waals surface area contributed by atoms with Crippen molar-refractivity contribution in [2.24, 2.45) is 0 Å². The number of hydrogen-bond donors (Lipinski definition) is 1. The number of halogens is 1. The normalized spacial score (nSPS) is 16.6. The number of hydrogen-bond acceptors (Lipinski definition) is 8. The van der Waals surface area contributed by atoms with E-state index >= 15 is 0 Å². The molecule has 0 amide bonds. The molecule has 2 saturated heterocycles. The highest BCUT2D eigenvalue weighted by Crippen LogP contribution is 2.24. The van der Waals surface area contributed by atoms with E-state index in [4.69, 9.17) is 16.6 Å². The smallest absolute Gasteiger partial charge is 0.227 e. The lowest BCUT2D eigenvalue weighted by Gasteiger charge is -2.37. The highest BCUT2D eigenvalue weighted by molar-refractivity contribution is 6.31. The summed E-state index contributed by atoms with van der Waals surface area (Å²) < 4.78 is 0. The molecule has 39 heavy (non-hydrogen) atoms. The molecule has 8 nitrogen and oxygen atoms in total. The van der Waals surface area contributed by atoms with Gasteiger partial charge in [-0.25, -0.2) is 4.98 Å². The number of rotatable bonds is 8. The van der Waals surface area contributed by atoms with Crippen LogP contribution in [-0.2, 0) is 0 Å². The molecule has 0 bridgehead atoms. The zero-order chi connectivity index (χ0) is 26.4. The molecule has 2 aliphatic rings. The predicted octanol–water partition coefficient (Wildman–Crippen LogP) is 4.63. The minimum absolute atomic E-state index is 0.714. The van der Waals surface area contributed by atoms with E-state index in [0.29, 0.717) is 5.02 Å². The fraction of sp³-hybridized carbons (Fsp3) is 0.367. The molecule has 1 N–H and O–H groups in total. The van der Waals surface area contributed by atoms with E-state index < -0.39 is 0 Å². The molecule has 4 aromatic rings. The zero-order valence-electron chi connectivity index (χ0n) is 22.2. The van der Waals surface area contributed by atoms with Crippen LogP contribution in [0.5, 0.6) is 0 Å². The topological polar surface area (TPSA) is 63.7 Å². The van der Waals surface area contributed by atoms with E-state index in [0.717, 1.165) is 100 Å². The molecule has 2 aromatic carbocycles. The standard InChI is InChI=1S/C30H35ClN8/c31-24-7-8-26-27(9-12-33-28(26)23-24)32-11-4-14-36-15-17-38(18-16-36)29-10-13-34-30(35-29)39-21-19-37(20-22-39)25-5-2-1-3-6-25/h1-3,5-10,12-13,23H,4,11,14-22H2,(H,32,33). The van der Waals surface area contributed by atoms with Gasteiger partial charge in [-0.3, -0.25) is 9.88 Å². The van der Waals surface area contributed by atoms with Crippen LogP contribution in [0, 0.1) is 0 Å². The number of pyridine rings is 1. The van der Waals surface area contributed by atoms with Crippen LogP contribution < -0.4 is 20.0 Å². The highest BCUT2D eigenvalue weighted by Gasteiger charge is 2.22. The summed E-state index contributed by atoms with van der Waals surface area (Å²) >= 11 is 6.12. The molecule has 0 atom stereocenters. The average molecular weight is 543 g/mol. The van der Waals surface area contributed by atoms with Crippen LogP contribution in [0.1, 0.15) is 6.42 Å². The minimum Gasteiger partial charge on any atom is -0.384 e. The maximum atomic E-state index is 6.12. The monoisotopic (exact) mass is 542 g/mol. The van der Waals surface area contributed by atoms with Crippen molar-refractivity contribution in [3.05, 3.63) is 78.1 Å². The Balaban J connectivity index is 0.956. The molecular weight excluding hydrogens is 508 g/mol. The first-order valence-corrected chi connectivity index (χ1v) is 14.2. The molecule has 0 saturated carbocycles. The van der Waals surface area contributed by atoms with Crippen LogP contribution in [0.2, 0.25) is 5.02 Å². The van der Waals surface area contributed by atoms with Gasteiger partial charge in [-0.1, -0.05) is 29.8 Å². The maximum Gasteiger partial charge on any atom is 0.227 e. The van der Waals surface area contributed by atoms with Gasteiger partial charge in [0.2, 0.25) is 5.95 Å². The van der Waals surface area contributed by atoms with Gasteiger partial charge < -0.3 is 20.0 Å². The number of nitrogens with one attached hydrogen (secondary N) is 1. The van der Waals surface area contributed by atoms with Gasteiger partial charge >= 0.3 is 0 Å². The van der Waals surface area contributed by atoms with Crippen molar-refractivity contribution in [1.29, 1.82) is 0 Å². The van der Waals surface area contributed by atoms with Crippen molar-refractivity contribution in [3.8, 4) is 0 Å². The molecule has 2 aromatic heterocycles. The Morgan fingerprint density at radius 1 is 0.744 bits per heavy atom. The van der Waals surface area contributed by atoms with Gasteiger partial charge in [0, 0.05) is 93.1 Å². The molecule has 0 spiro atoms. The molecule has 202 valence electrons. The summed E-state index contributed by atoms with van der Waals surface area (Å²) in [6, 6.07) is 20.6. The van der Waals surface area contributed by atoms with Gasteiger partial charge in [0.1, 0.15) is 5.82 Å². The van der Waals surface area contributed by atoms with E-state index in [1.165, 1.54) is 5.69 Å². The van der Waals surface area contributed by atoms with Gasteiger partial charge in [-0.2, -0.15) is 4.98 Å². The quantitative estimate of drug-likeness (QED) is 0.323. The maximum absolute atomic E-state index is 6.12. The second kappa shape index (κ2) is 12.1. The van der Waals surface area contributed by atoms with Gasteiger partial charge in [0.25, 0.3) is 0 Å². The largest absolute Gasteiger partial charge is 0.384 e. The van der Waals surface area contributed by atoms with Crippen LogP contribution in [0.3, 0.4) is 0 Å². The number of aromatic nitrogens is 3. The van der Waals surface area contributed by atoms with Crippen molar-refractivity contribution >= 4 is 45.6 Å². The third-order valence-electron chi connectivity index (χ3n) is 7.68. The number of para-hydroxylation sites is 1. The Morgan fingerprint density at radius 2 is 1.49 bits per heavy atom. The molecule has 6 rings (SSSR count). The first-order valence-electron chi connectivity index (χ1n) is 13.9. The van der Waals surface area contributed by atoms with E-state index in [1.807, 2.05) is 36.7 Å². The Hall–Kier alpha value is -3.62. The van der Waals surface area contributed by atoms with E-state index in [1.54, 1.807) is 0 Å². The number of piperazine rings is 2. The van der Waals surface area contributed by atoms with E-state index in [9.17, 15) is 0 Å². The number of anilines is 4. The molecule has 9 heteroatoms. The van der Waals surface area contributed by atoms with Gasteiger partial charge in [-0.15, -0.1) is 0 Å².